The van der Waals surface area contributed by atoms with Crippen LogP contribution < -0.4 is 0 Å². The average Bonchev–Trinajstić information content (AvgIpc) is 2.47. The average molecular weight is 286 g/mol. The number of ether oxygens (including phenoxy) is 2. The predicted octanol–water partition coefficient (Wildman–Crippen LogP) is 4.73. The lowest BCUT2D eigenvalue weighted by Gasteiger charge is -2.13. The molecule has 3 heteroatoms. The van der Waals surface area contributed by atoms with Crippen LogP contribution in [0.3, 0.4) is 0 Å². The van der Waals surface area contributed by atoms with E-state index in [1.807, 2.05) is 0 Å². The number of carbonyl (C=O) groups is 1. The van der Waals surface area contributed by atoms with Gasteiger partial charge in [-0.15, -0.1) is 0 Å². The molecule has 0 saturated carbocycles. The molecule has 0 spiro atoms. The molecule has 0 amide bonds. The Labute approximate surface area is 125 Å². The highest BCUT2D eigenvalue weighted by Gasteiger charge is 2.18. The highest BCUT2D eigenvalue weighted by atomic mass is 16.5. The third kappa shape index (κ3) is 11.3. The Morgan fingerprint density at radius 2 is 1.35 bits per heavy atom. The summed E-state index contributed by atoms with van der Waals surface area (Å²) in [5, 5.41) is 0. The maximum absolute atomic E-state index is 11.5. The van der Waals surface area contributed by atoms with Gasteiger partial charge in [0.05, 0.1) is 19.6 Å². The van der Waals surface area contributed by atoms with E-state index in [-0.39, 0.29) is 11.9 Å². The summed E-state index contributed by atoms with van der Waals surface area (Å²) in [6, 6.07) is 0. The fourth-order valence-corrected chi connectivity index (χ4v) is 2.52. The van der Waals surface area contributed by atoms with Crippen LogP contribution >= 0.6 is 0 Å². The molecule has 3 nitrogen and oxygen atoms in total. The van der Waals surface area contributed by atoms with Crippen molar-refractivity contribution in [1.29, 1.82) is 0 Å². The standard InChI is InChI=1S/C17H34O3/c1-4-5-6-7-8-9-10-11-12-13-14-16(15-19-2)17(18)20-3/h16H,4-15H2,1-3H3. The molecule has 0 aliphatic heterocycles. The molecule has 0 radical (unpaired) electrons. The minimum atomic E-state index is -0.136. The maximum atomic E-state index is 11.5. The number of esters is 1. The Balaban J connectivity index is 3.38. The van der Waals surface area contributed by atoms with Gasteiger partial charge in [-0.2, -0.15) is 0 Å². The Morgan fingerprint density at radius 3 is 1.80 bits per heavy atom. The van der Waals surface area contributed by atoms with Crippen molar-refractivity contribution in [3.05, 3.63) is 0 Å². The van der Waals surface area contributed by atoms with E-state index in [0.29, 0.717) is 6.61 Å². The van der Waals surface area contributed by atoms with Gasteiger partial charge >= 0.3 is 5.97 Å². The number of rotatable bonds is 14. The van der Waals surface area contributed by atoms with E-state index in [2.05, 4.69) is 6.92 Å². The summed E-state index contributed by atoms with van der Waals surface area (Å²) in [6.07, 6.45) is 14.1. The Kier molecular flexibility index (Phi) is 14.4. The third-order valence-corrected chi connectivity index (χ3v) is 3.81. The summed E-state index contributed by atoms with van der Waals surface area (Å²) in [4.78, 5) is 11.5. The minimum Gasteiger partial charge on any atom is -0.469 e. The van der Waals surface area contributed by atoms with Crippen molar-refractivity contribution in [3.8, 4) is 0 Å². The quantitative estimate of drug-likeness (QED) is 0.342. The lowest BCUT2D eigenvalue weighted by Crippen LogP contribution is -2.21. The molecule has 20 heavy (non-hydrogen) atoms. The number of unbranched alkanes of at least 4 members (excludes halogenated alkanes) is 9. The lowest BCUT2D eigenvalue weighted by molar-refractivity contribution is -0.147. The summed E-state index contributed by atoms with van der Waals surface area (Å²) in [5.41, 5.74) is 0. The maximum Gasteiger partial charge on any atom is 0.311 e. The van der Waals surface area contributed by atoms with E-state index >= 15 is 0 Å². The molecule has 0 aromatic heterocycles. The van der Waals surface area contributed by atoms with Crippen LogP contribution in [0.5, 0.6) is 0 Å². The van der Waals surface area contributed by atoms with Gasteiger partial charge in [0, 0.05) is 7.11 Å². The molecule has 0 aliphatic rings. The fourth-order valence-electron chi connectivity index (χ4n) is 2.52. The summed E-state index contributed by atoms with van der Waals surface area (Å²) in [5.74, 6) is -0.221. The second-order valence-electron chi connectivity index (χ2n) is 5.65. The zero-order valence-corrected chi connectivity index (χ0v) is 13.8. The van der Waals surface area contributed by atoms with Gasteiger partial charge in [-0.1, -0.05) is 71.1 Å². The van der Waals surface area contributed by atoms with Crippen molar-refractivity contribution >= 4 is 5.97 Å². The highest BCUT2D eigenvalue weighted by molar-refractivity contribution is 5.72. The molecule has 0 N–H and O–H groups in total. The van der Waals surface area contributed by atoms with Crippen LogP contribution in [0.25, 0.3) is 0 Å². The first-order chi connectivity index (χ1) is 9.76. The first-order valence-electron chi connectivity index (χ1n) is 8.33. The molecule has 1 atom stereocenters. The van der Waals surface area contributed by atoms with E-state index in [1.165, 1.54) is 64.9 Å². The third-order valence-electron chi connectivity index (χ3n) is 3.81. The van der Waals surface area contributed by atoms with E-state index in [0.717, 1.165) is 12.8 Å². The van der Waals surface area contributed by atoms with Gasteiger partial charge in [-0.3, -0.25) is 4.79 Å². The number of methoxy groups -OCH3 is 2. The zero-order valence-electron chi connectivity index (χ0n) is 13.8. The molecule has 0 aromatic carbocycles. The lowest BCUT2D eigenvalue weighted by atomic mass is 10.0. The molecular formula is C17H34O3. The molecule has 0 heterocycles. The molecule has 0 rings (SSSR count). The van der Waals surface area contributed by atoms with Crippen molar-refractivity contribution in [2.75, 3.05) is 20.8 Å². The Bertz CT molecular complexity index is 216. The Hall–Kier alpha value is -0.570. The minimum absolute atomic E-state index is 0.0842. The summed E-state index contributed by atoms with van der Waals surface area (Å²) < 4.78 is 9.86. The molecule has 0 bridgehead atoms. The smallest absolute Gasteiger partial charge is 0.311 e. The number of carbonyl (C=O) groups excluding carboxylic acids is 1. The van der Waals surface area contributed by atoms with Crippen molar-refractivity contribution in [1.82, 2.24) is 0 Å². The van der Waals surface area contributed by atoms with Gasteiger partial charge in [-0.25, -0.2) is 0 Å². The van der Waals surface area contributed by atoms with Crippen LogP contribution in [0, 0.1) is 5.92 Å². The van der Waals surface area contributed by atoms with Gasteiger partial charge in [0.25, 0.3) is 0 Å². The highest BCUT2D eigenvalue weighted by Crippen LogP contribution is 2.15. The van der Waals surface area contributed by atoms with Crippen LogP contribution in [-0.4, -0.2) is 26.8 Å². The number of hydrogen-bond donors (Lipinski definition) is 0. The van der Waals surface area contributed by atoms with Crippen LogP contribution in [0.2, 0.25) is 0 Å². The van der Waals surface area contributed by atoms with Crippen LogP contribution in [0.1, 0.15) is 77.6 Å². The molecule has 1 unspecified atom stereocenters. The Morgan fingerprint density at radius 1 is 0.850 bits per heavy atom. The topological polar surface area (TPSA) is 35.5 Å². The first-order valence-corrected chi connectivity index (χ1v) is 8.33. The molecular weight excluding hydrogens is 252 g/mol. The second-order valence-corrected chi connectivity index (χ2v) is 5.65. The van der Waals surface area contributed by atoms with Gasteiger partial charge in [0.15, 0.2) is 0 Å². The first kappa shape index (κ1) is 19.4. The van der Waals surface area contributed by atoms with Crippen molar-refractivity contribution in [2.45, 2.75) is 77.6 Å². The van der Waals surface area contributed by atoms with E-state index in [4.69, 9.17) is 9.47 Å². The summed E-state index contributed by atoms with van der Waals surface area (Å²) in [6.45, 7) is 2.73. The zero-order chi connectivity index (χ0) is 15.1. The summed E-state index contributed by atoms with van der Waals surface area (Å²) in [7, 11) is 3.08. The van der Waals surface area contributed by atoms with E-state index in [1.54, 1.807) is 7.11 Å². The van der Waals surface area contributed by atoms with Gasteiger partial charge in [0.1, 0.15) is 0 Å². The molecule has 0 aliphatic carbocycles. The second kappa shape index (κ2) is 14.8. The van der Waals surface area contributed by atoms with Gasteiger partial charge in [-0.05, 0) is 6.42 Å². The summed E-state index contributed by atoms with van der Waals surface area (Å²) >= 11 is 0. The van der Waals surface area contributed by atoms with Crippen LogP contribution in [-0.2, 0) is 14.3 Å². The fraction of sp³-hybridized carbons (Fsp3) is 0.941. The molecule has 0 saturated heterocycles. The molecule has 0 fully saturated rings. The monoisotopic (exact) mass is 286 g/mol. The van der Waals surface area contributed by atoms with Gasteiger partial charge in [0.2, 0.25) is 0 Å². The SMILES string of the molecule is CCCCCCCCCCCCC(COC)C(=O)OC. The molecule has 0 aromatic rings. The predicted molar refractivity (Wildman–Crippen MR) is 83.8 cm³/mol. The van der Waals surface area contributed by atoms with Crippen molar-refractivity contribution in [2.24, 2.45) is 5.92 Å². The van der Waals surface area contributed by atoms with E-state index < -0.39 is 0 Å². The normalized spacial score (nSPS) is 12.3. The van der Waals surface area contributed by atoms with Crippen LogP contribution in [0.4, 0.5) is 0 Å². The van der Waals surface area contributed by atoms with Gasteiger partial charge < -0.3 is 9.47 Å². The molecule has 120 valence electrons. The van der Waals surface area contributed by atoms with Crippen LogP contribution in [0.15, 0.2) is 0 Å². The van der Waals surface area contributed by atoms with Crippen molar-refractivity contribution in [3.63, 3.8) is 0 Å². The van der Waals surface area contributed by atoms with Crippen molar-refractivity contribution < 1.29 is 14.3 Å². The number of hydrogen-bond acceptors (Lipinski definition) is 3. The van der Waals surface area contributed by atoms with E-state index in [9.17, 15) is 4.79 Å². The largest absolute Gasteiger partial charge is 0.469 e.